The van der Waals surface area contributed by atoms with Crippen LogP contribution in [-0.4, -0.2) is 12.3 Å². The minimum atomic E-state index is 0.280. The maximum atomic E-state index is 5.95. The fourth-order valence-electron chi connectivity index (χ4n) is 1.31. The molecule has 0 aliphatic rings. The van der Waals surface area contributed by atoms with E-state index in [0.29, 0.717) is 0 Å². The topological polar surface area (TPSA) is 26.0 Å². The highest BCUT2D eigenvalue weighted by Crippen LogP contribution is 2.25. The van der Waals surface area contributed by atoms with Gasteiger partial charge in [-0.2, -0.15) is 0 Å². The molecule has 0 radical (unpaired) electrons. The van der Waals surface area contributed by atoms with Gasteiger partial charge >= 0.3 is 0 Å². The predicted octanol–water partition coefficient (Wildman–Crippen LogP) is 3.45. The van der Waals surface area contributed by atoms with Crippen LogP contribution in [0.5, 0.6) is 0 Å². The van der Waals surface area contributed by atoms with Crippen molar-refractivity contribution in [2.45, 2.75) is 30.7 Å². The van der Waals surface area contributed by atoms with Crippen molar-refractivity contribution < 1.29 is 0 Å². The molecule has 1 rings (SSSR count). The average Bonchev–Trinajstić information content (AvgIpc) is 2.20. The van der Waals surface area contributed by atoms with Crippen molar-refractivity contribution in [2.75, 3.05) is 6.26 Å². The lowest BCUT2D eigenvalue weighted by atomic mass is 10.1. The van der Waals surface area contributed by atoms with Crippen molar-refractivity contribution in [3.8, 4) is 0 Å². The number of rotatable bonds is 4. The maximum absolute atomic E-state index is 5.95. The number of thioether (sulfide) groups is 1. The second kappa shape index (κ2) is 5.79. The Labute approximate surface area is 98.6 Å². The summed E-state index contributed by atoms with van der Waals surface area (Å²) in [6, 6.07) is 6.67. The molecule has 0 aromatic heterocycles. The molecule has 14 heavy (non-hydrogen) atoms. The van der Waals surface area contributed by atoms with Crippen molar-refractivity contribution in [3.05, 3.63) is 28.2 Å². The third kappa shape index (κ3) is 3.30. The average molecular weight is 274 g/mol. The van der Waals surface area contributed by atoms with Gasteiger partial charge < -0.3 is 5.73 Å². The molecule has 0 aliphatic heterocycles. The number of halogens is 1. The van der Waals surface area contributed by atoms with Crippen LogP contribution in [-0.2, 0) is 6.42 Å². The largest absolute Gasteiger partial charge is 0.327 e. The molecule has 2 N–H and O–H groups in total. The van der Waals surface area contributed by atoms with Crippen molar-refractivity contribution >= 4 is 27.7 Å². The van der Waals surface area contributed by atoms with E-state index in [-0.39, 0.29) is 6.04 Å². The Hall–Kier alpha value is 0.01000. The summed E-state index contributed by atoms with van der Waals surface area (Å²) < 4.78 is 1.13. The molecule has 1 aromatic carbocycles. The Balaban J connectivity index is 2.85. The van der Waals surface area contributed by atoms with Crippen LogP contribution in [0.15, 0.2) is 27.6 Å². The summed E-state index contributed by atoms with van der Waals surface area (Å²) >= 11 is 5.25. The SMILES string of the molecule is CCC(N)Cc1ccc(Br)cc1SC. The Morgan fingerprint density at radius 3 is 2.79 bits per heavy atom. The zero-order valence-electron chi connectivity index (χ0n) is 8.59. The highest BCUT2D eigenvalue weighted by atomic mass is 79.9. The van der Waals surface area contributed by atoms with Gasteiger partial charge in [0.2, 0.25) is 0 Å². The monoisotopic (exact) mass is 273 g/mol. The third-order valence-electron chi connectivity index (χ3n) is 2.26. The fraction of sp³-hybridized carbons (Fsp3) is 0.455. The lowest BCUT2D eigenvalue weighted by Crippen LogP contribution is -2.21. The van der Waals surface area contributed by atoms with E-state index in [2.05, 4.69) is 47.3 Å². The fourth-order valence-corrected chi connectivity index (χ4v) is 2.48. The van der Waals surface area contributed by atoms with E-state index in [1.807, 2.05) is 0 Å². The second-order valence-corrected chi connectivity index (χ2v) is 5.09. The van der Waals surface area contributed by atoms with Crippen LogP contribution in [0.2, 0.25) is 0 Å². The Morgan fingerprint density at radius 1 is 1.50 bits per heavy atom. The molecule has 0 bridgehead atoms. The summed E-state index contributed by atoms with van der Waals surface area (Å²) in [6.07, 6.45) is 4.10. The van der Waals surface area contributed by atoms with Crippen molar-refractivity contribution in [2.24, 2.45) is 5.73 Å². The number of nitrogens with two attached hydrogens (primary N) is 1. The molecule has 0 aliphatic carbocycles. The Bertz CT molecular complexity index is 301. The summed E-state index contributed by atoms with van der Waals surface area (Å²) in [6.45, 7) is 2.13. The van der Waals surface area contributed by atoms with Gasteiger partial charge in [-0.3, -0.25) is 0 Å². The molecule has 0 saturated carbocycles. The minimum Gasteiger partial charge on any atom is -0.327 e. The van der Waals surface area contributed by atoms with Gasteiger partial charge in [0, 0.05) is 15.4 Å². The van der Waals surface area contributed by atoms with Crippen molar-refractivity contribution in [1.29, 1.82) is 0 Å². The van der Waals surface area contributed by atoms with Gasteiger partial charge in [-0.05, 0) is 36.8 Å². The van der Waals surface area contributed by atoms with Crippen LogP contribution in [0.1, 0.15) is 18.9 Å². The van der Waals surface area contributed by atoms with Crippen LogP contribution in [0.3, 0.4) is 0 Å². The maximum Gasteiger partial charge on any atom is 0.0186 e. The molecule has 0 saturated heterocycles. The van der Waals surface area contributed by atoms with E-state index in [4.69, 9.17) is 5.73 Å². The Kier molecular flexibility index (Phi) is 4.99. The summed E-state index contributed by atoms with van der Waals surface area (Å²) in [5.41, 5.74) is 7.30. The van der Waals surface area contributed by atoms with E-state index < -0.39 is 0 Å². The van der Waals surface area contributed by atoms with Crippen LogP contribution < -0.4 is 5.73 Å². The van der Waals surface area contributed by atoms with Gasteiger partial charge in [0.1, 0.15) is 0 Å². The normalized spacial score (nSPS) is 12.9. The summed E-state index contributed by atoms with van der Waals surface area (Å²) in [4.78, 5) is 1.32. The van der Waals surface area contributed by atoms with Crippen LogP contribution >= 0.6 is 27.7 Å². The zero-order chi connectivity index (χ0) is 10.6. The predicted molar refractivity (Wildman–Crippen MR) is 67.9 cm³/mol. The van der Waals surface area contributed by atoms with Crippen LogP contribution in [0.4, 0.5) is 0 Å². The lowest BCUT2D eigenvalue weighted by Gasteiger charge is -2.12. The smallest absolute Gasteiger partial charge is 0.0186 e. The third-order valence-corrected chi connectivity index (χ3v) is 3.57. The second-order valence-electron chi connectivity index (χ2n) is 3.33. The first-order valence-electron chi connectivity index (χ1n) is 4.75. The standard InChI is InChI=1S/C11H16BrNS/c1-3-10(13)6-8-4-5-9(12)7-11(8)14-2/h4-5,7,10H,3,6,13H2,1-2H3. The van der Waals surface area contributed by atoms with E-state index in [1.165, 1.54) is 10.5 Å². The van der Waals surface area contributed by atoms with Crippen LogP contribution in [0.25, 0.3) is 0 Å². The molecule has 1 aromatic rings. The molecule has 1 atom stereocenters. The van der Waals surface area contributed by atoms with E-state index in [1.54, 1.807) is 11.8 Å². The molecule has 0 amide bonds. The highest BCUT2D eigenvalue weighted by Gasteiger charge is 2.06. The van der Waals surface area contributed by atoms with Crippen LogP contribution in [0, 0.1) is 0 Å². The van der Waals surface area contributed by atoms with E-state index in [0.717, 1.165) is 17.3 Å². The van der Waals surface area contributed by atoms with Gasteiger partial charge in [-0.1, -0.05) is 28.9 Å². The minimum absolute atomic E-state index is 0.280. The molecule has 0 heterocycles. The molecular weight excluding hydrogens is 258 g/mol. The number of hydrogen-bond donors (Lipinski definition) is 1. The van der Waals surface area contributed by atoms with Crippen molar-refractivity contribution in [1.82, 2.24) is 0 Å². The number of benzene rings is 1. The first-order valence-corrected chi connectivity index (χ1v) is 6.77. The first kappa shape index (κ1) is 12.1. The Morgan fingerprint density at radius 2 is 2.21 bits per heavy atom. The van der Waals surface area contributed by atoms with Gasteiger partial charge in [0.25, 0.3) is 0 Å². The van der Waals surface area contributed by atoms with Gasteiger partial charge in [0.05, 0.1) is 0 Å². The summed E-state index contributed by atoms with van der Waals surface area (Å²) in [5.74, 6) is 0. The lowest BCUT2D eigenvalue weighted by molar-refractivity contribution is 0.641. The van der Waals surface area contributed by atoms with E-state index >= 15 is 0 Å². The zero-order valence-corrected chi connectivity index (χ0v) is 11.0. The molecule has 0 fully saturated rings. The first-order chi connectivity index (χ1) is 6.67. The van der Waals surface area contributed by atoms with Gasteiger partial charge in [-0.15, -0.1) is 11.8 Å². The highest BCUT2D eigenvalue weighted by molar-refractivity contribution is 9.10. The molecule has 1 unspecified atom stereocenters. The summed E-state index contributed by atoms with van der Waals surface area (Å²) in [5, 5.41) is 0. The van der Waals surface area contributed by atoms with Gasteiger partial charge in [0.15, 0.2) is 0 Å². The summed E-state index contributed by atoms with van der Waals surface area (Å²) in [7, 11) is 0. The quantitative estimate of drug-likeness (QED) is 0.851. The molecule has 1 nitrogen and oxygen atoms in total. The van der Waals surface area contributed by atoms with E-state index in [9.17, 15) is 0 Å². The van der Waals surface area contributed by atoms with Gasteiger partial charge in [-0.25, -0.2) is 0 Å². The number of hydrogen-bond acceptors (Lipinski definition) is 2. The molecule has 78 valence electrons. The molecular formula is C11H16BrNS. The van der Waals surface area contributed by atoms with Crippen molar-refractivity contribution in [3.63, 3.8) is 0 Å². The molecule has 3 heteroatoms. The molecule has 0 spiro atoms.